The number of nitrogens with one attached hydrogen (secondary N) is 1. The first-order chi connectivity index (χ1) is 8.99. The van der Waals surface area contributed by atoms with E-state index in [1.165, 1.54) is 12.1 Å². The van der Waals surface area contributed by atoms with Crippen LogP contribution in [0.1, 0.15) is 6.92 Å². The quantitative estimate of drug-likeness (QED) is 0.523. The number of hydrogen-bond acceptors (Lipinski definition) is 5. The number of ether oxygens (including phenoxy) is 1. The third-order valence-corrected chi connectivity index (χ3v) is 2.68. The Labute approximate surface area is 124 Å². The van der Waals surface area contributed by atoms with Gasteiger partial charge in [0.05, 0.1) is 22.3 Å². The highest BCUT2D eigenvalue weighted by atomic mass is 35.5. The summed E-state index contributed by atoms with van der Waals surface area (Å²) in [6.07, 6.45) is 0. The Hall–Kier alpha value is -1.48. The van der Waals surface area contributed by atoms with Crippen LogP contribution < -0.4 is 5.43 Å². The number of benzene rings is 1. The zero-order valence-electron chi connectivity index (χ0n) is 9.71. The molecule has 1 aromatic rings. The first-order valence-corrected chi connectivity index (χ1v) is 6.18. The lowest BCUT2D eigenvalue weighted by molar-refractivity contribution is -0.134. The van der Waals surface area contributed by atoms with Crippen LogP contribution in [0.4, 0.5) is 5.69 Å². The summed E-state index contributed by atoms with van der Waals surface area (Å²) in [6, 6.07) is 4.50. The number of esters is 1. The third kappa shape index (κ3) is 4.28. The van der Waals surface area contributed by atoms with E-state index in [1.54, 1.807) is 13.0 Å². The molecule has 0 aromatic heterocycles. The van der Waals surface area contributed by atoms with Gasteiger partial charge in [-0.2, -0.15) is 10.4 Å². The van der Waals surface area contributed by atoms with Crippen LogP contribution in [0.3, 0.4) is 0 Å². The van der Waals surface area contributed by atoms with Crippen molar-refractivity contribution in [1.82, 2.24) is 0 Å². The second kappa shape index (κ2) is 7.19. The van der Waals surface area contributed by atoms with E-state index in [0.29, 0.717) is 5.02 Å². The van der Waals surface area contributed by atoms with Gasteiger partial charge in [-0.3, -0.25) is 5.43 Å². The summed E-state index contributed by atoms with van der Waals surface area (Å²) in [5.41, 5.74) is 2.24. The fourth-order valence-corrected chi connectivity index (χ4v) is 1.98. The molecule has 0 saturated carbocycles. The minimum Gasteiger partial charge on any atom is -0.461 e. The predicted octanol–water partition coefficient (Wildman–Crippen LogP) is 3.50. The second-order valence-corrected chi connectivity index (χ2v) is 4.40. The Morgan fingerprint density at radius 3 is 2.47 bits per heavy atom. The van der Waals surface area contributed by atoms with Crippen molar-refractivity contribution >= 4 is 52.2 Å². The Morgan fingerprint density at radius 1 is 1.42 bits per heavy atom. The Balaban J connectivity index is 2.97. The van der Waals surface area contributed by atoms with Gasteiger partial charge in [-0.05, 0) is 19.1 Å². The fraction of sp³-hybridized carbons (Fsp3) is 0.182. The SMILES string of the molecule is CCOC(=O)C(C#N)=NNc1c(Cl)cc(Cl)cc1Cl. The van der Waals surface area contributed by atoms with Gasteiger partial charge in [0.1, 0.15) is 6.07 Å². The van der Waals surface area contributed by atoms with Crippen molar-refractivity contribution in [2.75, 3.05) is 12.0 Å². The summed E-state index contributed by atoms with van der Waals surface area (Å²) in [6.45, 7) is 1.76. The molecule has 8 heteroatoms. The normalized spacial score (nSPS) is 10.8. The van der Waals surface area contributed by atoms with Crippen molar-refractivity contribution in [2.45, 2.75) is 6.92 Å². The number of carbonyl (C=O) groups is 1. The molecule has 0 aliphatic heterocycles. The van der Waals surface area contributed by atoms with Crippen LogP contribution in [0, 0.1) is 11.3 Å². The molecule has 0 saturated heterocycles. The molecule has 0 spiro atoms. The maximum Gasteiger partial charge on any atom is 0.369 e. The van der Waals surface area contributed by atoms with E-state index >= 15 is 0 Å². The Morgan fingerprint density at radius 2 is 2.00 bits per heavy atom. The molecule has 0 heterocycles. The highest BCUT2D eigenvalue weighted by molar-refractivity contribution is 6.44. The summed E-state index contributed by atoms with van der Waals surface area (Å²) in [7, 11) is 0. The van der Waals surface area contributed by atoms with Crippen molar-refractivity contribution in [1.29, 1.82) is 5.26 Å². The molecular formula is C11H8Cl3N3O2. The standard InChI is InChI=1S/C11H8Cl3N3O2/c1-2-19-11(18)9(5-15)16-17-10-7(13)3-6(12)4-8(10)14/h3-4,17H,2H2,1H3. The summed E-state index contributed by atoms with van der Waals surface area (Å²) in [5, 5.41) is 13.2. The highest BCUT2D eigenvalue weighted by Crippen LogP contribution is 2.33. The Bertz CT molecular complexity index is 544. The van der Waals surface area contributed by atoms with E-state index in [9.17, 15) is 4.79 Å². The number of rotatable bonds is 4. The summed E-state index contributed by atoms with van der Waals surface area (Å²) >= 11 is 17.5. The lowest BCUT2D eigenvalue weighted by Crippen LogP contribution is -2.17. The number of nitrogens with zero attached hydrogens (tertiary/aromatic N) is 2. The van der Waals surface area contributed by atoms with Gasteiger partial charge >= 0.3 is 5.97 Å². The molecule has 1 rings (SSSR count). The van der Waals surface area contributed by atoms with Gasteiger partial charge in [0.25, 0.3) is 0 Å². The van der Waals surface area contributed by atoms with Crippen molar-refractivity contribution in [2.24, 2.45) is 5.10 Å². The first kappa shape index (κ1) is 15.6. The van der Waals surface area contributed by atoms with E-state index in [2.05, 4.69) is 15.3 Å². The van der Waals surface area contributed by atoms with Gasteiger partial charge in [-0.15, -0.1) is 0 Å². The smallest absolute Gasteiger partial charge is 0.369 e. The molecular weight excluding hydrogens is 312 g/mol. The van der Waals surface area contributed by atoms with Gasteiger partial charge < -0.3 is 4.74 Å². The van der Waals surface area contributed by atoms with E-state index < -0.39 is 11.7 Å². The average Bonchev–Trinajstić information content (AvgIpc) is 2.32. The zero-order valence-corrected chi connectivity index (χ0v) is 12.0. The van der Waals surface area contributed by atoms with Crippen molar-refractivity contribution in [3.8, 4) is 6.07 Å². The molecule has 0 radical (unpaired) electrons. The monoisotopic (exact) mass is 319 g/mol. The van der Waals surface area contributed by atoms with Gasteiger partial charge in [0.15, 0.2) is 0 Å². The lowest BCUT2D eigenvalue weighted by atomic mass is 10.3. The first-order valence-electron chi connectivity index (χ1n) is 5.05. The summed E-state index contributed by atoms with van der Waals surface area (Å²) < 4.78 is 4.64. The largest absolute Gasteiger partial charge is 0.461 e. The molecule has 1 aromatic carbocycles. The number of halogens is 3. The van der Waals surface area contributed by atoms with Gasteiger partial charge in [0.2, 0.25) is 5.71 Å². The van der Waals surface area contributed by atoms with Crippen LogP contribution in [0.15, 0.2) is 17.2 Å². The number of carbonyl (C=O) groups excluding carboxylic acids is 1. The molecule has 0 unspecified atom stereocenters. The second-order valence-electron chi connectivity index (χ2n) is 3.15. The lowest BCUT2D eigenvalue weighted by Gasteiger charge is -2.07. The van der Waals surface area contributed by atoms with Crippen LogP contribution in [0.25, 0.3) is 0 Å². The summed E-state index contributed by atoms with van der Waals surface area (Å²) in [5.74, 6) is -0.835. The van der Waals surface area contributed by atoms with E-state index in [-0.39, 0.29) is 22.3 Å². The molecule has 100 valence electrons. The number of nitriles is 1. The van der Waals surface area contributed by atoms with Crippen LogP contribution >= 0.6 is 34.8 Å². The Kier molecular flexibility index (Phi) is 5.90. The van der Waals surface area contributed by atoms with Crippen molar-refractivity contribution in [3.05, 3.63) is 27.2 Å². The molecule has 0 bridgehead atoms. The molecule has 5 nitrogen and oxygen atoms in total. The maximum atomic E-state index is 11.3. The molecule has 0 aliphatic rings. The van der Waals surface area contributed by atoms with E-state index in [1.807, 2.05) is 0 Å². The number of anilines is 1. The van der Waals surface area contributed by atoms with Crippen LogP contribution in [0.5, 0.6) is 0 Å². The number of hydrogen-bond donors (Lipinski definition) is 1. The molecule has 0 fully saturated rings. The summed E-state index contributed by atoms with van der Waals surface area (Å²) in [4.78, 5) is 11.3. The predicted molar refractivity (Wildman–Crippen MR) is 74.8 cm³/mol. The molecule has 0 amide bonds. The average molecular weight is 321 g/mol. The highest BCUT2D eigenvalue weighted by Gasteiger charge is 2.13. The topological polar surface area (TPSA) is 74.5 Å². The van der Waals surface area contributed by atoms with Crippen LogP contribution in [-0.4, -0.2) is 18.3 Å². The molecule has 19 heavy (non-hydrogen) atoms. The molecule has 0 atom stereocenters. The van der Waals surface area contributed by atoms with Crippen LogP contribution in [0.2, 0.25) is 15.1 Å². The van der Waals surface area contributed by atoms with E-state index in [4.69, 9.17) is 40.1 Å². The maximum absolute atomic E-state index is 11.3. The van der Waals surface area contributed by atoms with Gasteiger partial charge in [-0.1, -0.05) is 34.8 Å². The third-order valence-electron chi connectivity index (χ3n) is 1.86. The van der Waals surface area contributed by atoms with E-state index in [0.717, 1.165) is 0 Å². The van der Waals surface area contributed by atoms with Crippen molar-refractivity contribution < 1.29 is 9.53 Å². The minimum absolute atomic E-state index is 0.141. The minimum atomic E-state index is -0.835. The van der Waals surface area contributed by atoms with Gasteiger partial charge in [-0.25, -0.2) is 4.79 Å². The molecule has 1 N–H and O–H groups in total. The van der Waals surface area contributed by atoms with Crippen molar-refractivity contribution in [3.63, 3.8) is 0 Å². The zero-order chi connectivity index (χ0) is 14.4. The molecule has 0 aliphatic carbocycles. The van der Waals surface area contributed by atoms with Gasteiger partial charge in [0, 0.05) is 5.02 Å². The van der Waals surface area contributed by atoms with Crippen LogP contribution in [-0.2, 0) is 9.53 Å². The number of hydrazone groups is 1. The fourth-order valence-electron chi connectivity index (χ4n) is 1.08.